The minimum absolute atomic E-state index is 0. The molecule has 5 nitrogen and oxygen atoms in total. The van der Waals surface area contributed by atoms with Crippen LogP contribution in [0.5, 0.6) is 0 Å². The SMILES string of the molecule is C.Cc1ccc2nc(NC(=O)C[C@@H](C)c3ccccc3)n(C3CCC3)c2n1. The van der Waals surface area contributed by atoms with Gasteiger partial charge in [0, 0.05) is 18.2 Å². The van der Waals surface area contributed by atoms with Crippen molar-refractivity contribution in [2.45, 2.75) is 58.9 Å². The number of benzene rings is 1. The summed E-state index contributed by atoms with van der Waals surface area (Å²) in [7, 11) is 0. The van der Waals surface area contributed by atoms with Crippen molar-refractivity contribution in [2.24, 2.45) is 0 Å². The maximum Gasteiger partial charge on any atom is 0.227 e. The van der Waals surface area contributed by atoms with Crippen molar-refractivity contribution >= 4 is 23.0 Å². The van der Waals surface area contributed by atoms with Crippen molar-refractivity contribution in [3.8, 4) is 0 Å². The van der Waals surface area contributed by atoms with Crippen molar-refractivity contribution in [1.29, 1.82) is 0 Å². The number of rotatable bonds is 5. The van der Waals surface area contributed by atoms with Gasteiger partial charge in [-0.05, 0) is 49.8 Å². The molecule has 5 heteroatoms. The second-order valence-electron chi connectivity index (χ2n) is 7.25. The van der Waals surface area contributed by atoms with Crippen LogP contribution in [0.15, 0.2) is 42.5 Å². The highest BCUT2D eigenvalue weighted by atomic mass is 16.1. The topological polar surface area (TPSA) is 59.8 Å². The minimum atomic E-state index is -0.00560. The van der Waals surface area contributed by atoms with Gasteiger partial charge in [0.2, 0.25) is 11.9 Å². The molecule has 1 aromatic carbocycles. The number of carbonyl (C=O) groups excluding carboxylic acids is 1. The van der Waals surface area contributed by atoms with Crippen molar-refractivity contribution in [2.75, 3.05) is 5.32 Å². The van der Waals surface area contributed by atoms with Crippen LogP contribution < -0.4 is 5.32 Å². The maximum absolute atomic E-state index is 12.6. The Morgan fingerprint density at radius 1 is 1.19 bits per heavy atom. The fourth-order valence-corrected chi connectivity index (χ4v) is 3.50. The van der Waals surface area contributed by atoms with E-state index in [0.29, 0.717) is 18.4 Å². The molecule has 0 unspecified atom stereocenters. The first-order valence-electron chi connectivity index (χ1n) is 9.32. The number of nitrogens with zero attached hydrogens (tertiary/aromatic N) is 3. The van der Waals surface area contributed by atoms with Crippen LogP contribution in [0.4, 0.5) is 5.95 Å². The third kappa shape index (κ3) is 3.87. The fourth-order valence-electron chi connectivity index (χ4n) is 3.50. The Morgan fingerprint density at radius 2 is 1.93 bits per heavy atom. The summed E-state index contributed by atoms with van der Waals surface area (Å²) in [5.41, 5.74) is 3.86. The van der Waals surface area contributed by atoms with E-state index in [1.807, 2.05) is 37.3 Å². The summed E-state index contributed by atoms with van der Waals surface area (Å²) in [5, 5.41) is 3.04. The summed E-state index contributed by atoms with van der Waals surface area (Å²) < 4.78 is 2.12. The zero-order valence-electron chi connectivity index (χ0n) is 15.3. The summed E-state index contributed by atoms with van der Waals surface area (Å²) in [4.78, 5) is 21.9. The van der Waals surface area contributed by atoms with Crippen LogP contribution >= 0.6 is 0 Å². The minimum Gasteiger partial charge on any atom is -0.296 e. The highest BCUT2D eigenvalue weighted by Crippen LogP contribution is 2.36. The van der Waals surface area contributed by atoms with Crippen LogP contribution in [-0.4, -0.2) is 20.4 Å². The normalized spacial score (nSPS) is 15.0. The quantitative estimate of drug-likeness (QED) is 0.674. The summed E-state index contributed by atoms with van der Waals surface area (Å²) >= 11 is 0. The summed E-state index contributed by atoms with van der Waals surface area (Å²) in [6.45, 7) is 4.06. The third-order valence-electron chi connectivity index (χ3n) is 5.23. The van der Waals surface area contributed by atoms with E-state index in [1.54, 1.807) is 0 Å². The lowest BCUT2D eigenvalue weighted by molar-refractivity contribution is -0.116. The monoisotopic (exact) mass is 364 g/mol. The number of hydrogen-bond donors (Lipinski definition) is 1. The Balaban J connectivity index is 0.00000210. The van der Waals surface area contributed by atoms with Crippen molar-refractivity contribution in [3.63, 3.8) is 0 Å². The molecule has 1 amide bonds. The molecule has 1 aliphatic rings. The molecule has 1 aliphatic carbocycles. The van der Waals surface area contributed by atoms with Gasteiger partial charge in [0.15, 0.2) is 5.65 Å². The van der Waals surface area contributed by atoms with Gasteiger partial charge in [-0.2, -0.15) is 0 Å². The molecule has 0 spiro atoms. The average Bonchev–Trinajstić information content (AvgIpc) is 2.91. The van der Waals surface area contributed by atoms with Gasteiger partial charge in [-0.25, -0.2) is 9.97 Å². The number of amides is 1. The first-order chi connectivity index (χ1) is 12.6. The van der Waals surface area contributed by atoms with E-state index in [1.165, 1.54) is 12.0 Å². The van der Waals surface area contributed by atoms with E-state index in [-0.39, 0.29) is 19.3 Å². The number of aromatic nitrogens is 3. The largest absolute Gasteiger partial charge is 0.296 e. The number of hydrogen-bond acceptors (Lipinski definition) is 3. The molecule has 1 atom stereocenters. The lowest BCUT2D eigenvalue weighted by Gasteiger charge is -2.28. The molecule has 0 saturated heterocycles. The number of nitrogens with one attached hydrogen (secondary N) is 1. The molecule has 0 bridgehead atoms. The van der Waals surface area contributed by atoms with Gasteiger partial charge >= 0.3 is 0 Å². The first-order valence-corrected chi connectivity index (χ1v) is 9.32. The lowest BCUT2D eigenvalue weighted by atomic mass is 9.93. The molecule has 2 aromatic heterocycles. The molecule has 4 rings (SSSR count). The molecule has 1 saturated carbocycles. The van der Waals surface area contributed by atoms with Gasteiger partial charge in [0.25, 0.3) is 0 Å². The number of aryl methyl sites for hydroxylation is 1. The van der Waals surface area contributed by atoms with Gasteiger partial charge in [0.05, 0.1) is 0 Å². The Labute approximate surface area is 160 Å². The van der Waals surface area contributed by atoms with Crippen molar-refractivity contribution in [1.82, 2.24) is 14.5 Å². The van der Waals surface area contributed by atoms with Crippen molar-refractivity contribution in [3.05, 3.63) is 53.7 Å². The first kappa shape index (κ1) is 19.1. The molecule has 0 radical (unpaired) electrons. The summed E-state index contributed by atoms with van der Waals surface area (Å²) in [6, 6.07) is 14.5. The van der Waals surface area contributed by atoms with Crippen molar-refractivity contribution < 1.29 is 4.79 Å². The van der Waals surface area contributed by atoms with Gasteiger partial charge in [0.1, 0.15) is 5.52 Å². The number of carbonyl (C=O) groups is 1. The smallest absolute Gasteiger partial charge is 0.227 e. The van der Waals surface area contributed by atoms with E-state index in [4.69, 9.17) is 0 Å². The molecule has 1 fully saturated rings. The number of anilines is 1. The molecular weight excluding hydrogens is 336 g/mol. The van der Waals surface area contributed by atoms with Crippen LogP contribution in [0.2, 0.25) is 0 Å². The summed E-state index contributed by atoms with van der Waals surface area (Å²) in [6.07, 6.45) is 3.88. The number of fused-ring (bicyclic) bond motifs is 1. The molecule has 142 valence electrons. The van der Waals surface area contributed by atoms with Gasteiger partial charge < -0.3 is 0 Å². The predicted molar refractivity (Wildman–Crippen MR) is 110 cm³/mol. The lowest BCUT2D eigenvalue weighted by Crippen LogP contribution is -2.23. The van der Waals surface area contributed by atoms with E-state index >= 15 is 0 Å². The van der Waals surface area contributed by atoms with Crippen LogP contribution in [0, 0.1) is 6.92 Å². The average molecular weight is 364 g/mol. The third-order valence-corrected chi connectivity index (χ3v) is 5.23. The van der Waals surface area contributed by atoms with Gasteiger partial charge in [-0.15, -0.1) is 0 Å². The molecule has 2 heterocycles. The second-order valence-corrected chi connectivity index (χ2v) is 7.25. The molecule has 3 aromatic rings. The highest BCUT2D eigenvalue weighted by molar-refractivity contribution is 5.91. The van der Waals surface area contributed by atoms with E-state index in [0.717, 1.165) is 29.7 Å². The highest BCUT2D eigenvalue weighted by Gasteiger charge is 2.26. The van der Waals surface area contributed by atoms with Gasteiger partial charge in [-0.1, -0.05) is 44.7 Å². The Bertz CT molecular complexity index is 928. The van der Waals surface area contributed by atoms with Crippen LogP contribution in [0.25, 0.3) is 11.2 Å². The Morgan fingerprint density at radius 3 is 2.59 bits per heavy atom. The number of imidazole rings is 1. The Hall–Kier alpha value is -2.69. The number of pyridine rings is 1. The second kappa shape index (κ2) is 7.91. The van der Waals surface area contributed by atoms with Crippen LogP contribution in [0.1, 0.15) is 63.3 Å². The van der Waals surface area contributed by atoms with E-state index < -0.39 is 0 Å². The van der Waals surface area contributed by atoms with Crippen LogP contribution in [-0.2, 0) is 4.79 Å². The zero-order chi connectivity index (χ0) is 18.1. The fraction of sp³-hybridized carbons (Fsp3) is 0.409. The molecule has 1 N–H and O–H groups in total. The zero-order valence-corrected chi connectivity index (χ0v) is 15.3. The summed E-state index contributed by atoms with van der Waals surface area (Å²) in [5.74, 6) is 0.792. The van der Waals surface area contributed by atoms with Gasteiger partial charge in [-0.3, -0.25) is 14.7 Å². The van der Waals surface area contributed by atoms with E-state index in [9.17, 15) is 4.79 Å². The van der Waals surface area contributed by atoms with Crippen LogP contribution in [0.3, 0.4) is 0 Å². The molecule has 0 aliphatic heterocycles. The predicted octanol–water partition coefficient (Wildman–Crippen LogP) is 5.23. The molecule has 27 heavy (non-hydrogen) atoms. The van der Waals surface area contributed by atoms with E-state index in [2.05, 4.69) is 38.9 Å². The standard InChI is InChI=1S/C21H24N4O.CH4/c1-14(16-7-4-3-5-8-16)13-19(26)24-21-23-18-12-11-15(2)22-20(18)25(21)17-9-6-10-17;/h3-5,7-8,11-12,14,17H,6,9-10,13H2,1-2H3,(H,23,24,26);1H4/t14-;/m1./s1. The maximum atomic E-state index is 12.6. The Kier molecular flexibility index (Phi) is 5.59. The molecular formula is C22H28N4O.